The van der Waals surface area contributed by atoms with Gasteiger partial charge in [0.25, 0.3) is 0 Å². The van der Waals surface area contributed by atoms with Crippen molar-refractivity contribution in [1.29, 1.82) is 0 Å². The fraction of sp³-hybridized carbons (Fsp3) is 0.571. The van der Waals surface area contributed by atoms with Gasteiger partial charge in [-0.15, -0.1) is 0 Å². The predicted molar refractivity (Wildman–Crippen MR) is 65.2 cm³/mol. The standard InChI is InChI=1S/C14H20FN/c1-11(16-2)12-6-5-7-13(10-12)14(15)8-3-4-9-14/h5-7,10-11,16H,3-4,8-9H2,1-2H3. The summed E-state index contributed by atoms with van der Waals surface area (Å²) < 4.78 is 14.6. The molecule has 0 amide bonds. The fourth-order valence-corrected chi connectivity index (χ4v) is 2.48. The topological polar surface area (TPSA) is 12.0 Å². The van der Waals surface area contributed by atoms with Crippen LogP contribution in [0, 0.1) is 0 Å². The summed E-state index contributed by atoms with van der Waals surface area (Å²) in [6, 6.07) is 8.26. The van der Waals surface area contributed by atoms with Crippen LogP contribution < -0.4 is 5.32 Å². The molecule has 1 fully saturated rings. The first-order valence-electron chi connectivity index (χ1n) is 6.12. The summed E-state index contributed by atoms with van der Waals surface area (Å²) in [6.07, 6.45) is 3.40. The van der Waals surface area contributed by atoms with Crippen LogP contribution in [0.2, 0.25) is 0 Å². The fourth-order valence-electron chi connectivity index (χ4n) is 2.48. The van der Waals surface area contributed by atoms with Crippen molar-refractivity contribution in [3.63, 3.8) is 0 Å². The Bertz CT molecular complexity index is 356. The largest absolute Gasteiger partial charge is 0.313 e. The highest BCUT2D eigenvalue weighted by Crippen LogP contribution is 2.42. The summed E-state index contributed by atoms with van der Waals surface area (Å²) in [7, 11) is 1.93. The van der Waals surface area contributed by atoms with Crippen molar-refractivity contribution < 1.29 is 4.39 Å². The molecular weight excluding hydrogens is 201 g/mol. The number of hydrogen-bond donors (Lipinski definition) is 1. The van der Waals surface area contributed by atoms with Gasteiger partial charge >= 0.3 is 0 Å². The average Bonchev–Trinajstić information content (AvgIpc) is 2.77. The van der Waals surface area contributed by atoms with Gasteiger partial charge in [-0.05, 0) is 50.8 Å². The molecule has 1 unspecified atom stereocenters. The van der Waals surface area contributed by atoms with E-state index >= 15 is 0 Å². The minimum absolute atomic E-state index is 0.282. The van der Waals surface area contributed by atoms with Crippen LogP contribution in [-0.2, 0) is 5.67 Å². The summed E-state index contributed by atoms with van der Waals surface area (Å²) >= 11 is 0. The van der Waals surface area contributed by atoms with Crippen molar-refractivity contribution in [2.24, 2.45) is 0 Å². The van der Waals surface area contributed by atoms with Crippen LogP contribution in [0.4, 0.5) is 4.39 Å². The van der Waals surface area contributed by atoms with E-state index in [0.717, 1.165) is 18.4 Å². The van der Waals surface area contributed by atoms with Crippen molar-refractivity contribution in [3.8, 4) is 0 Å². The van der Waals surface area contributed by atoms with E-state index in [1.807, 2.05) is 25.2 Å². The second-order valence-corrected chi connectivity index (χ2v) is 4.81. The molecular formula is C14H20FN. The van der Waals surface area contributed by atoms with E-state index in [-0.39, 0.29) is 6.04 Å². The van der Waals surface area contributed by atoms with Crippen LogP contribution in [0.25, 0.3) is 0 Å². The number of rotatable bonds is 3. The van der Waals surface area contributed by atoms with Crippen LogP contribution in [0.15, 0.2) is 24.3 Å². The number of benzene rings is 1. The van der Waals surface area contributed by atoms with Crippen LogP contribution >= 0.6 is 0 Å². The summed E-state index contributed by atoms with van der Waals surface area (Å²) in [5.74, 6) is 0. The smallest absolute Gasteiger partial charge is 0.136 e. The maximum atomic E-state index is 14.6. The lowest BCUT2D eigenvalue weighted by Crippen LogP contribution is -2.17. The Morgan fingerprint density at radius 2 is 2.00 bits per heavy atom. The molecule has 1 aromatic carbocycles. The number of alkyl halides is 1. The van der Waals surface area contributed by atoms with Crippen LogP contribution in [0.1, 0.15) is 49.8 Å². The van der Waals surface area contributed by atoms with Crippen molar-refractivity contribution in [1.82, 2.24) is 5.32 Å². The maximum Gasteiger partial charge on any atom is 0.136 e. The molecule has 1 aliphatic carbocycles. The molecule has 2 rings (SSSR count). The molecule has 1 nitrogen and oxygen atoms in total. The van der Waals surface area contributed by atoms with Gasteiger partial charge in [-0.2, -0.15) is 0 Å². The highest BCUT2D eigenvalue weighted by atomic mass is 19.1. The number of halogens is 1. The van der Waals surface area contributed by atoms with Gasteiger partial charge in [0.15, 0.2) is 0 Å². The van der Waals surface area contributed by atoms with Gasteiger partial charge in [0.2, 0.25) is 0 Å². The zero-order chi connectivity index (χ0) is 11.6. The molecule has 1 aliphatic rings. The van der Waals surface area contributed by atoms with Crippen LogP contribution in [0.3, 0.4) is 0 Å². The number of nitrogens with one attached hydrogen (secondary N) is 1. The normalized spacial score (nSPS) is 20.9. The van der Waals surface area contributed by atoms with E-state index in [4.69, 9.17) is 0 Å². The van der Waals surface area contributed by atoms with Gasteiger partial charge in [0, 0.05) is 6.04 Å². The van der Waals surface area contributed by atoms with E-state index < -0.39 is 5.67 Å². The minimum Gasteiger partial charge on any atom is -0.313 e. The van der Waals surface area contributed by atoms with Gasteiger partial charge in [0.05, 0.1) is 0 Å². The van der Waals surface area contributed by atoms with E-state index in [2.05, 4.69) is 18.3 Å². The van der Waals surface area contributed by atoms with Crippen LogP contribution in [0.5, 0.6) is 0 Å². The molecule has 0 saturated heterocycles. The van der Waals surface area contributed by atoms with E-state index in [1.54, 1.807) is 0 Å². The first kappa shape index (κ1) is 11.6. The Morgan fingerprint density at radius 1 is 1.31 bits per heavy atom. The molecule has 0 spiro atoms. The Hall–Kier alpha value is -0.890. The molecule has 1 N–H and O–H groups in total. The third kappa shape index (κ3) is 2.12. The summed E-state index contributed by atoms with van der Waals surface area (Å²) in [5, 5.41) is 3.19. The van der Waals surface area contributed by atoms with Gasteiger partial charge in [-0.1, -0.05) is 24.3 Å². The molecule has 0 radical (unpaired) electrons. The summed E-state index contributed by atoms with van der Waals surface area (Å²) in [5.41, 5.74) is 0.970. The van der Waals surface area contributed by atoms with Gasteiger partial charge in [-0.25, -0.2) is 4.39 Å². The molecule has 0 heterocycles. The average molecular weight is 221 g/mol. The second-order valence-electron chi connectivity index (χ2n) is 4.81. The molecule has 88 valence electrons. The van der Waals surface area contributed by atoms with Crippen molar-refractivity contribution >= 4 is 0 Å². The monoisotopic (exact) mass is 221 g/mol. The molecule has 16 heavy (non-hydrogen) atoms. The molecule has 0 aliphatic heterocycles. The Kier molecular flexibility index (Phi) is 3.29. The predicted octanol–water partition coefficient (Wildman–Crippen LogP) is 3.71. The Morgan fingerprint density at radius 3 is 2.62 bits per heavy atom. The van der Waals surface area contributed by atoms with Gasteiger partial charge in [-0.3, -0.25) is 0 Å². The summed E-state index contributed by atoms with van der Waals surface area (Å²) in [4.78, 5) is 0. The third-order valence-electron chi connectivity index (χ3n) is 3.73. The van der Waals surface area contributed by atoms with Gasteiger partial charge < -0.3 is 5.32 Å². The molecule has 1 saturated carbocycles. The first-order valence-corrected chi connectivity index (χ1v) is 6.12. The molecule has 1 atom stereocenters. The van der Waals surface area contributed by atoms with E-state index in [0.29, 0.717) is 12.8 Å². The zero-order valence-corrected chi connectivity index (χ0v) is 10.1. The van der Waals surface area contributed by atoms with Crippen LogP contribution in [-0.4, -0.2) is 7.05 Å². The highest BCUT2D eigenvalue weighted by Gasteiger charge is 2.35. The quantitative estimate of drug-likeness (QED) is 0.820. The SMILES string of the molecule is CNC(C)c1cccc(C2(F)CCCC2)c1. The van der Waals surface area contributed by atoms with E-state index in [1.165, 1.54) is 5.56 Å². The Balaban J connectivity index is 2.28. The highest BCUT2D eigenvalue weighted by molar-refractivity contribution is 5.30. The van der Waals surface area contributed by atoms with E-state index in [9.17, 15) is 4.39 Å². The Labute approximate surface area is 97.1 Å². The lowest BCUT2D eigenvalue weighted by molar-refractivity contribution is 0.174. The number of hydrogen-bond acceptors (Lipinski definition) is 1. The first-order chi connectivity index (χ1) is 7.65. The molecule has 0 aromatic heterocycles. The van der Waals surface area contributed by atoms with Crippen molar-refractivity contribution in [2.75, 3.05) is 7.05 Å². The summed E-state index contributed by atoms with van der Waals surface area (Å²) in [6.45, 7) is 2.10. The minimum atomic E-state index is -1.07. The lowest BCUT2D eigenvalue weighted by atomic mass is 9.91. The zero-order valence-electron chi connectivity index (χ0n) is 10.1. The third-order valence-corrected chi connectivity index (χ3v) is 3.73. The van der Waals surface area contributed by atoms with Crippen molar-refractivity contribution in [2.45, 2.75) is 44.3 Å². The molecule has 0 bridgehead atoms. The van der Waals surface area contributed by atoms with Gasteiger partial charge in [0.1, 0.15) is 5.67 Å². The lowest BCUT2D eigenvalue weighted by Gasteiger charge is -2.21. The second kappa shape index (κ2) is 4.54. The maximum absolute atomic E-state index is 14.6. The van der Waals surface area contributed by atoms with Crippen molar-refractivity contribution in [3.05, 3.63) is 35.4 Å². The molecule has 2 heteroatoms. The molecule has 1 aromatic rings.